The molecule has 1 nitrogen and oxygen atoms in total. The van der Waals surface area contributed by atoms with E-state index >= 15 is 0 Å². The van der Waals surface area contributed by atoms with Crippen LogP contribution in [-0.4, -0.2) is 37.6 Å². The molecule has 0 atom stereocenters. The molecular weight excluding hydrogens is 971 g/mol. The third-order valence-corrected chi connectivity index (χ3v) is 48.1. The van der Waals surface area contributed by atoms with Gasteiger partial charge in [-0.15, -0.1) is 0 Å². The zero-order chi connectivity index (χ0) is 35.8. The molecule has 6 aromatic rings. The molecule has 0 radical (unpaired) electrons. The Morgan fingerprint density at radius 2 is 0.431 bits per heavy atom. The van der Waals surface area contributed by atoms with Crippen LogP contribution in [0, 0.1) is 0 Å². The molecule has 0 saturated carbocycles. The van der Waals surface area contributed by atoms with Gasteiger partial charge in [-0.2, -0.15) is 0 Å². The Morgan fingerprint density at radius 1 is 0.275 bits per heavy atom. The van der Waals surface area contributed by atoms with Crippen LogP contribution in [0.15, 0.2) is 146 Å². The van der Waals surface area contributed by atoms with Crippen LogP contribution in [-0.2, 0) is 28.0 Å². The molecule has 0 saturated heterocycles. The molecule has 0 aliphatic carbocycles. The fourth-order valence-electron chi connectivity index (χ4n) is 6.98. The average molecular weight is 1010 g/mol. The maximum absolute atomic E-state index is 8.45. The van der Waals surface area contributed by atoms with Crippen LogP contribution in [0.1, 0.15) is 33.4 Å². The summed E-state index contributed by atoms with van der Waals surface area (Å²) in [6.07, 6.45) is 0. The molecule has 0 unspecified atom stereocenters. The first-order valence-corrected chi connectivity index (χ1v) is 33.5. The molecule has 6 rings (SSSR count). The van der Waals surface area contributed by atoms with Crippen molar-refractivity contribution >= 4 is 107 Å². The van der Waals surface area contributed by atoms with E-state index in [9.17, 15) is 0 Å². The van der Waals surface area contributed by atoms with Gasteiger partial charge in [-0.1, -0.05) is 0 Å². The Hall–Kier alpha value is -1.38. The molecule has 260 valence electrons. The molecular formula is C42H36Cl6OSn2. The van der Waals surface area contributed by atoms with Crippen LogP contribution in [0.4, 0.5) is 0 Å². The zero-order valence-corrected chi connectivity index (χ0v) is 38.0. The Balaban J connectivity index is 1.63. The van der Waals surface area contributed by atoms with E-state index in [4.69, 9.17) is 71.0 Å². The van der Waals surface area contributed by atoms with Gasteiger partial charge in [0.05, 0.1) is 0 Å². The van der Waals surface area contributed by atoms with Crippen molar-refractivity contribution in [2.24, 2.45) is 0 Å². The first kappa shape index (κ1) is 39.3. The number of rotatable bonds is 14. The van der Waals surface area contributed by atoms with Gasteiger partial charge in [0, 0.05) is 0 Å². The van der Waals surface area contributed by atoms with E-state index in [1.54, 1.807) is 0 Å². The third-order valence-electron chi connectivity index (χ3n) is 9.26. The van der Waals surface area contributed by atoms with Crippen molar-refractivity contribution in [3.05, 3.63) is 209 Å². The van der Waals surface area contributed by atoms with Crippen molar-refractivity contribution in [1.29, 1.82) is 0 Å². The van der Waals surface area contributed by atoms with E-state index in [0.717, 1.165) is 90.1 Å². The second-order valence-corrected chi connectivity index (χ2v) is 39.6. The maximum atomic E-state index is 8.45. The molecule has 0 fully saturated rings. The summed E-state index contributed by atoms with van der Waals surface area (Å²) < 4.78 is 12.8. The summed E-state index contributed by atoms with van der Waals surface area (Å²) in [4.78, 5) is 0. The second kappa shape index (κ2) is 18.3. The standard InChI is InChI=1S/6C7H6Cl.O.2Sn/c6*1-6-4-2-3-5-7(6)8;;;/h6*2-5H,1H2;;;. The normalized spacial score (nSPS) is 11.9. The van der Waals surface area contributed by atoms with Crippen molar-refractivity contribution in [2.75, 3.05) is 0 Å². The van der Waals surface area contributed by atoms with Crippen LogP contribution in [0.25, 0.3) is 0 Å². The quantitative estimate of drug-likeness (QED) is 0.0988. The van der Waals surface area contributed by atoms with Gasteiger partial charge in [-0.05, 0) is 0 Å². The molecule has 0 aliphatic rings. The fraction of sp³-hybridized carbons (Fsp3) is 0.143. The van der Waals surface area contributed by atoms with E-state index in [0.29, 0.717) is 0 Å². The average Bonchev–Trinajstić information content (AvgIpc) is 3.11. The van der Waals surface area contributed by atoms with E-state index in [1.807, 2.05) is 72.8 Å². The molecule has 0 spiro atoms. The topological polar surface area (TPSA) is 9.23 Å². The zero-order valence-electron chi connectivity index (χ0n) is 27.8. The van der Waals surface area contributed by atoms with Crippen molar-refractivity contribution in [3.8, 4) is 0 Å². The number of hydrogen-bond acceptors (Lipinski definition) is 1. The SMILES string of the molecule is Clc1ccccc1[CH2][Sn]([CH2]c1ccccc1Cl)([CH2]c1ccccc1Cl)[O][Sn]([CH2]c1ccccc1Cl)([CH2]c1ccccc1Cl)[CH2]c1ccccc1Cl. The molecule has 0 aromatic heterocycles. The first-order chi connectivity index (χ1) is 24.6. The molecule has 0 N–H and O–H groups in total. The summed E-state index contributed by atoms with van der Waals surface area (Å²) in [6.45, 7) is 0. The van der Waals surface area contributed by atoms with Gasteiger partial charge in [-0.25, -0.2) is 0 Å². The van der Waals surface area contributed by atoms with Crippen LogP contribution in [0.5, 0.6) is 0 Å². The Kier molecular flexibility index (Phi) is 14.1. The minimum absolute atomic E-state index is 0.719. The molecule has 0 heterocycles. The molecule has 9 heteroatoms. The minimum atomic E-state index is -4.18. The molecule has 0 bridgehead atoms. The van der Waals surface area contributed by atoms with Crippen LogP contribution < -0.4 is 0 Å². The Bertz CT molecular complexity index is 1720. The van der Waals surface area contributed by atoms with Gasteiger partial charge in [0.1, 0.15) is 0 Å². The number of hydrogen-bond donors (Lipinski definition) is 0. The van der Waals surface area contributed by atoms with Crippen LogP contribution in [0.2, 0.25) is 30.1 Å². The number of benzene rings is 6. The van der Waals surface area contributed by atoms with E-state index in [2.05, 4.69) is 72.8 Å². The molecule has 51 heavy (non-hydrogen) atoms. The monoisotopic (exact) mass is 1010 g/mol. The summed E-state index contributed by atoms with van der Waals surface area (Å²) in [7, 11) is 0. The molecule has 6 aromatic carbocycles. The van der Waals surface area contributed by atoms with Crippen LogP contribution in [0.3, 0.4) is 0 Å². The van der Waals surface area contributed by atoms with Crippen molar-refractivity contribution in [1.82, 2.24) is 0 Å². The van der Waals surface area contributed by atoms with Crippen molar-refractivity contribution < 1.29 is 1.41 Å². The van der Waals surface area contributed by atoms with Gasteiger partial charge >= 0.3 is 344 Å². The van der Waals surface area contributed by atoms with Crippen LogP contribution >= 0.6 is 69.6 Å². The van der Waals surface area contributed by atoms with Gasteiger partial charge in [0.15, 0.2) is 0 Å². The first-order valence-electron chi connectivity index (χ1n) is 16.7. The predicted molar refractivity (Wildman–Crippen MR) is 224 cm³/mol. The Morgan fingerprint density at radius 3 is 0.588 bits per heavy atom. The summed E-state index contributed by atoms with van der Waals surface area (Å²) in [6, 6.07) is 48.7. The molecule has 0 amide bonds. The summed E-state index contributed by atoms with van der Waals surface area (Å²) in [5, 5.41) is 4.36. The summed E-state index contributed by atoms with van der Waals surface area (Å²) in [5.74, 6) is 0. The summed E-state index contributed by atoms with van der Waals surface area (Å²) in [5.41, 5.74) is 6.43. The number of halogens is 6. The van der Waals surface area contributed by atoms with E-state index < -0.39 is 37.6 Å². The predicted octanol–water partition coefficient (Wildman–Crippen LogP) is 13.5. The van der Waals surface area contributed by atoms with Gasteiger partial charge in [0.25, 0.3) is 0 Å². The Labute approximate surface area is 340 Å². The second-order valence-electron chi connectivity index (χ2n) is 13.1. The van der Waals surface area contributed by atoms with Gasteiger partial charge in [-0.3, -0.25) is 0 Å². The summed E-state index contributed by atoms with van der Waals surface area (Å²) >= 11 is 33.7. The van der Waals surface area contributed by atoms with E-state index in [1.165, 1.54) is 0 Å². The fourth-order valence-corrected chi connectivity index (χ4v) is 59.2. The van der Waals surface area contributed by atoms with Crippen molar-refractivity contribution in [2.45, 2.75) is 26.6 Å². The third kappa shape index (κ3) is 10.4. The van der Waals surface area contributed by atoms with Crippen molar-refractivity contribution in [3.63, 3.8) is 0 Å². The van der Waals surface area contributed by atoms with E-state index in [-0.39, 0.29) is 0 Å². The van der Waals surface area contributed by atoms with Gasteiger partial charge < -0.3 is 0 Å². The molecule has 0 aliphatic heterocycles. The van der Waals surface area contributed by atoms with Gasteiger partial charge in [0.2, 0.25) is 0 Å².